The summed E-state index contributed by atoms with van der Waals surface area (Å²) in [5.74, 6) is 0.843. The molecule has 0 aliphatic carbocycles. The van der Waals surface area contributed by atoms with Gasteiger partial charge in [-0.15, -0.1) is 0 Å². The van der Waals surface area contributed by atoms with Gasteiger partial charge in [0, 0.05) is 25.7 Å². The van der Waals surface area contributed by atoms with Gasteiger partial charge in [0.05, 0.1) is 0 Å². The molecule has 0 aromatic heterocycles. The second-order valence-electron chi connectivity index (χ2n) is 7.33. The van der Waals surface area contributed by atoms with Crippen molar-refractivity contribution in [2.24, 2.45) is 5.73 Å². The van der Waals surface area contributed by atoms with Crippen LogP contribution in [0.1, 0.15) is 48.8 Å². The molecule has 0 bridgehead atoms. The number of halogens is 1. The quantitative estimate of drug-likeness (QED) is 0.909. The Hall–Kier alpha value is -1.71. The number of piperidine rings is 1. The molecule has 2 nitrogen and oxygen atoms in total. The minimum absolute atomic E-state index is 0.183. The molecule has 0 saturated carbocycles. The number of nitrogens with zero attached hydrogens (tertiary/aromatic N) is 1. The lowest BCUT2D eigenvalue weighted by molar-refractivity contribution is 0.181. The van der Waals surface area contributed by atoms with E-state index in [4.69, 9.17) is 5.73 Å². The number of hydrogen-bond donors (Lipinski definition) is 1. The van der Waals surface area contributed by atoms with Crippen LogP contribution in [0.3, 0.4) is 0 Å². The molecule has 1 fully saturated rings. The van der Waals surface area contributed by atoms with Gasteiger partial charge < -0.3 is 5.73 Å². The minimum atomic E-state index is -0.183. The van der Waals surface area contributed by atoms with Gasteiger partial charge in [-0.3, -0.25) is 4.90 Å². The van der Waals surface area contributed by atoms with E-state index < -0.39 is 0 Å². The van der Waals surface area contributed by atoms with Gasteiger partial charge in [-0.05, 0) is 47.1 Å². The summed E-state index contributed by atoms with van der Waals surface area (Å²) in [4.78, 5) is 2.39. The molecule has 0 spiro atoms. The molecule has 3 rings (SSSR count). The molecule has 1 heterocycles. The maximum atomic E-state index is 13.1. The fourth-order valence-corrected chi connectivity index (χ4v) is 3.60. The van der Waals surface area contributed by atoms with Gasteiger partial charge in [-0.2, -0.15) is 0 Å². The van der Waals surface area contributed by atoms with Crippen molar-refractivity contribution in [2.75, 3.05) is 13.1 Å². The van der Waals surface area contributed by atoms with E-state index in [9.17, 15) is 4.39 Å². The Labute approximate surface area is 144 Å². The number of rotatable bonds is 4. The maximum absolute atomic E-state index is 13.1. The lowest BCUT2D eigenvalue weighted by Crippen LogP contribution is -2.45. The minimum Gasteiger partial charge on any atom is -0.327 e. The van der Waals surface area contributed by atoms with Gasteiger partial charge in [0.1, 0.15) is 5.82 Å². The Balaban J connectivity index is 1.69. The van der Waals surface area contributed by atoms with E-state index in [-0.39, 0.29) is 11.9 Å². The smallest absolute Gasteiger partial charge is 0.123 e. The molecule has 2 unspecified atom stereocenters. The van der Waals surface area contributed by atoms with Crippen molar-refractivity contribution < 1.29 is 4.39 Å². The highest BCUT2D eigenvalue weighted by Crippen LogP contribution is 2.28. The molecule has 24 heavy (non-hydrogen) atoms. The van der Waals surface area contributed by atoms with Crippen LogP contribution in [0.2, 0.25) is 0 Å². The van der Waals surface area contributed by atoms with E-state index in [1.807, 2.05) is 12.1 Å². The summed E-state index contributed by atoms with van der Waals surface area (Å²) in [7, 11) is 0. The molecule has 3 heteroatoms. The van der Waals surface area contributed by atoms with Crippen LogP contribution >= 0.6 is 0 Å². The average molecular weight is 326 g/mol. The first-order valence-electron chi connectivity index (χ1n) is 8.83. The van der Waals surface area contributed by atoms with Gasteiger partial charge in [-0.1, -0.05) is 50.2 Å². The zero-order valence-electron chi connectivity index (χ0n) is 14.6. The Kier molecular flexibility index (Phi) is 5.32. The molecule has 1 aliphatic heterocycles. The predicted molar refractivity (Wildman–Crippen MR) is 97.5 cm³/mol. The molecule has 2 aromatic carbocycles. The van der Waals surface area contributed by atoms with E-state index in [2.05, 4.69) is 43.0 Å². The van der Waals surface area contributed by atoms with Crippen molar-refractivity contribution in [3.8, 4) is 0 Å². The third-order valence-corrected chi connectivity index (χ3v) is 4.95. The van der Waals surface area contributed by atoms with Gasteiger partial charge in [-0.25, -0.2) is 4.39 Å². The predicted octanol–water partition coefficient (Wildman–Crippen LogP) is 4.27. The van der Waals surface area contributed by atoms with Crippen LogP contribution in [0, 0.1) is 5.82 Å². The van der Waals surface area contributed by atoms with Crippen LogP contribution < -0.4 is 5.73 Å². The van der Waals surface area contributed by atoms with Gasteiger partial charge in [0.2, 0.25) is 0 Å². The van der Waals surface area contributed by atoms with Crippen LogP contribution in [0.5, 0.6) is 0 Å². The van der Waals surface area contributed by atoms with E-state index in [1.165, 1.54) is 23.3 Å². The second kappa shape index (κ2) is 7.45. The summed E-state index contributed by atoms with van der Waals surface area (Å²) >= 11 is 0. The highest BCUT2D eigenvalue weighted by atomic mass is 19.1. The normalized spacial score (nSPS) is 22.0. The average Bonchev–Trinajstić information content (AvgIpc) is 2.56. The van der Waals surface area contributed by atoms with Gasteiger partial charge in [0.15, 0.2) is 0 Å². The van der Waals surface area contributed by atoms with Crippen LogP contribution in [0.4, 0.5) is 4.39 Å². The summed E-state index contributed by atoms with van der Waals surface area (Å²) in [6.45, 7) is 7.17. The standard InChI is InChI=1S/C21H27FN2/c1-15(2)17-5-7-18(8-6-17)19-11-21(23)14-24(13-19)12-16-3-9-20(22)10-4-16/h3-10,15,19,21H,11-14,23H2,1-2H3. The van der Waals surface area contributed by atoms with E-state index in [0.29, 0.717) is 11.8 Å². The Morgan fingerprint density at radius 1 is 1.04 bits per heavy atom. The number of likely N-dealkylation sites (tertiary alicyclic amines) is 1. The maximum Gasteiger partial charge on any atom is 0.123 e. The summed E-state index contributed by atoms with van der Waals surface area (Å²) < 4.78 is 13.1. The van der Waals surface area contributed by atoms with Crippen molar-refractivity contribution in [2.45, 2.75) is 44.7 Å². The topological polar surface area (TPSA) is 29.3 Å². The summed E-state index contributed by atoms with van der Waals surface area (Å²) in [5.41, 5.74) is 10.2. The lowest BCUT2D eigenvalue weighted by atomic mass is 9.87. The molecule has 128 valence electrons. The monoisotopic (exact) mass is 326 g/mol. The Morgan fingerprint density at radius 3 is 2.33 bits per heavy atom. The molecular weight excluding hydrogens is 299 g/mol. The zero-order chi connectivity index (χ0) is 17.1. The molecule has 1 saturated heterocycles. The summed E-state index contributed by atoms with van der Waals surface area (Å²) in [6.07, 6.45) is 1.03. The van der Waals surface area contributed by atoms with Crippen molar-refractivity contribution in [1.82, 2.24) is 4.90 Å². The van der Waals surface area contributed by atoms with E-state index >= 15 is 0 Å². The Morgan fingerprint density at radius 2 is 1.71 bits per heavy atom. The van der Waals surface area contributed by atoms with Crippen LogP contribution in [-0.4, -0.2) is 24.0 Å². The van der Waals surface area contributed by atoms with Crippen LogP contribution in [0.15, 0.2) is 48.5 Å². The van der Waals surface area contributed by atoms with Gasteiger partial charge >= 0.3 is 0 Å². The van der Waals surface area contributed by atoms with Crippen LogP contribution in [-0.2, 0) is 6.54 Å². The lowest BCUT2D eigenvalue weighted by Gasteiger charge is -2.36. The number of benzene rings is 2. The molecule has 0 radical (unpaired) electrons. The molecule has 2 N–H and O–H groups in total. The summed E-state index contributed by atoms with van der Waals surface area (Å²) in [5, 5.41) is 0. The fraction of sp³-hybridized carbons (Fsp3) is 0.429. The molecular formula is C21H27FN2. The highest BCUT2D eigenvalue weighted by Gasteiger charge is 2.26. The Bertz CT molecular complexity index is 649. The first-order valence-corrected chi connectivity index (χ1v) is 8.83. The third kappa shape index (κ3) is 4.22. The second-order valence-corrected chi connectivity index (χ2v) is 7.33. The molecule has 2 atom stereocenters. The van der Waals surface area contributed by atoms with Crippen molar-refractivity contribution >= 4 is 0 Å². The first-order chi connectivity index (χ1) is 11.5. The molecule has 2 aromatic rings. The first kappa shape index (κ1) is 17.1. The van der Waals surface area contributed by atoms with Crippen molar-refractivity contribution in [3.63, 3.8) is 0 Å². The SMILES string of the molecule is CC(C)c1ccc(C2CC(N)CN(Cc3ccc(F)cc3)C2)cc1. The van der Waals surface area contributed by atoms with Crippen LogP contribution in [0.25, 0.3) is 0 Å². The van der Waals surface area contributed by atoms with Crippen molar-refractivity contribution in [1.29, 1.82) is 0 Å². The molecule has 0 amide bonds. The highest BCUT2D eigenvalue weighted by molar-refractivity contribution is 5.28. The number of nitrogens with two attached hydrogens (primary N) is 1. The van der Waals surface area contributed by atoms with Gasteiger partial charge in [0.25, 0.3) is 0 Å². The largest absolute Gasteiger partial charge is 0.327 e. The molecule has 1 aliphatic rings. The fourth-order valence-electron chi connectivity index (χ4n) is 3.60. The van der Waals surface area contributed by atoms with E-state index in [1.54, 1.807) is 0 Å². The van der Waals surface area contributed by atoms with E-state index in [0.717, 1.165) is 31.6 Å². The third-order valence-electron chi connectivity index (χ3n) is 4.95. The summed E-state index contributed by atoms with van der Waals surface area (Å²) in [6, 6.07) is 16.0. The zero-order valence-corrected chi connectivity index (χ0v) is 14.6. The number of hydrogen-bond acceptors (Lipinski definition) is 2. The van der Waals surface area contributed by atoms with Crippen molar-refractivity contribution in [3.05, 3.63) is 71.0 Å².